The van der Waals surface area contributed by atoms with Crippen molar-refractivity contribution in [3.05, 3.63) is 0 Å². The minimum absolute atomic E-state index is 0.118. The predicted molar refractivity (Wildman–Crippen MR) is 131 cm³/mol. The maximum atomic E-state index is 8.95. The van der Waals surface area contributed by atoms with Crippen molar-refractivity contribution in [1.82, 2.24) is 4.67 Å². The molecule has 1 aliphatic heterocycles. The molecule has 5 atom stereocenters. The van der Waals surface area contributed by atoms with Crippen LogP contribution in [-0.2, 0) is 23.3 Å². The fourth-order valence-electron chi connectivity index (χ4n) is 3.27. The molecule has 0 aromatic heterocycles. The van der Waals surface area contributed by atoms with Gasteiger partial charge in [-0.2, -0.15) is 5.26 Å². The zero-order valence-corrected chi connectivity index (χ0v) is 23.0. The monoisotopic (exact) mass is 496 g/mol. The summed E-state index contributed by atoms with van der Waals surface area (Å²) in [7, 11) is 3.77. The number of hydrogen-bond donors (Lipinski definition) is 0. The van der Waals surface area contributed by atoms with E-state index in [0.717, 1.165) is 0 Å². The van der Waals surface area contributed by atoms with E-state index in [4.69, 9.17) is 28.5 Å². The number of nitrogens with zero attached hydrogens (tertiary/aromatic N) is 2. The highest BCUT2D eigenvalue weighted by molar-refractivity contribution is 8.77. The zero-order chi connectivity index (χ0) is 23.6. The summed E-state index contributed by atoms with van der Waals surface area (Å²) in [4.78, 5) is 0. The van der Waals surface area contributed by atoms with Gasteiger partial charge in [0.2, 0.25) is 0 Å². The molecular weight excluding hydrogens is 455 g/mol. The van der Waals surface area contributed by atoms with E-state index in [2.05, 4.69) is 59.2 Å². The summed E-state index contributed by atoms with van der Waals surface area (Å²) in [5, 5.41) is 8.95. The van der Waals surface area contributed by atoms with E-state index < -0.39 is 8.53 Å². The summed E-state index contributed by atoms with van der Waals surface area (Å²) in [5.74, 6) is 0.547. The summed E-state index contributed by atoms with van der Waals surface area (Å²) in [6, 6.07) is 2.60. The number of nitriles is 1. The Morgan fingerprint density at radius 3 is 2.32 bits per heavy atom. The first-order chi connectivity index (χ1) is 14.5. The van der Waals surface area contributed by atoms with Gasteiger partial charge in [0.05, 0.1) is 31.8 Å². The quantitative estimate of drug-likeness (QED) is 0.132. The van der Waals surface area contributed by atoms with E-state index in [-0.39, 0.29) is 41.2 Å². The summed E-state index contributed by atoms with van der Waals surface area (Å²) < 4.78 is 32.9. The molecule has 0 aromatic carbocycles. The lowest BCUT2D eigenvalue weighted by atomic mass is 10.1. The van der Waals surface area contributed by atoms with Gasteiger partial charge in [-0.1, -0.05) is 42.4 Å². The Morgan fingerprint density at radius 1 is 1.16 bits per heavy atom. The average molecular weight is 497 g/mol. The Balaban J connectivity index is 2.97. The molecule has 0 saturated carbocycles. The van der Waals surface area contributed by atoms with Crippen molar-refractivity contribution in [2.45, 2.75) is 103 Å². The van der Waals surface area contributed by atoms with Crippen molar-refractivity contribution in [2.24, 2.45) is 0 Å². The maximum Gasteiger partial charge on any atom is 0.259 e. The number of methoxy groups -OCH3 is 1. The molecule has 1 heterocycles. The van der Waals surface area contributed by atoms with Crippen LogP contribution in [0.15, 0.2) is 0 Å². The van der Waals surface area contributed by atoms with Crippen LogP contribution in [0.4, 0.5) is 0 Å². The molecule has 0 radical (unpaired) electrons. The van der Waals surface area contributed by atoms with Crippen LogP contribution in [0.1, 0.15) is 61.8 Å². The Hall–Kier alpha value is 0.380. The van der Waals surface area contributed by atoms with Crippen LogP contribution in [0.3, 0.4) is 0 Å². The third-order valence-corrected chi connectivity index (χ3v) is 9.49. The van der Waals surface area contributed by atoms with Gasteiger partial charge in [0.1, 0.15) is 24.3 Å². The third-order valence-electron chi connectivity index (χ3n) is 4.37. The highest BCUT2D eigenvalue weighted by Crippen LogP contribution is 2.49. The first-order valence-electron chi connectivity index (χ1n) is 10.8. The zero-order valence-electron chi connectivity index (χ0n) is 20.5. The largest absolute Gasteiger partial charge is 0.382 e. The first kappa shape index (κ1) is 29.4. The Bertz CT molecular complexity index is 537. The third kappa shape index (κ3) is 10.5. The smallest absolute Gasteiger partial charge is 0.259 e. The van der Waals surface area contributed by atoms with Gasteiger partial charge in [0.15, 0.2) is 0 Å². The summed E-state index contributed by atoms with van der Waals surface area (Å²) >= 11 is 0. The van der Waals surface area contributed by atoms with Gasteiger partial charge in [-0.3, -0.25) is 0 Å². The molecule has 3 unspecified atom stereocenters. The van der Waals surface area contributed by atoms with Crippen LogP contribution in [0.2, 0.25) is 0 Å². The van der Waals surface area contributed by atoms with Crippen LogP contribution < -0.4 is 0 Å². The van der Waals surface area contributed by atoms with E-state index in [1.54, 1.807) is 28.7 Å². The molecule has 0 bridgehead atoms. The minimum Gasteiger partial charge on any atom is -0.382 e. The molecule has 1 aliphatic rings. The number of rotatable bonds is 14. The topological polar surface area (TPSA) is 73.2 Å². The molecule has 0 N–H and O–H groups in total. The van der Waals surface area contributed by atoms with Gasteiger partial charge in [-0.25, -0.2) is 4.67 Å². The van der Waals surface area contributed by atoms with E-state index in [9.17, 15) is 0 Å². The summed E-state index contributed by atoms with van der Waals surface area (Å²) in [6.07, 6.45) is -0.572. The first-order valence-corrected chi connectivity index (χ1v) is 14.3. The molecule has 31 heavy (non-hydrogen) atoms. The molecule has 1 rings (SSSR count). The van der Waals surface area contributed by atoms with E-state index in [1.165, 1.54) is 0 Å². The fraction of sp³-hybridized carbons (Fsp3) is 0.952. The molecule has 1 fully saturated rings. The van der Waals surface area contributed by atoms with E-state index in [0.29, 0.717) is 25.6 Å². The van der Waals surface area contributed by atoms with Gasteiger partial charge >= 0.3 is 0 Å². The fourth-order valence-corrected chi connectivity index (χ4v) is 7.03. The Labute approximate surface area is 198 Å². The predicted octanol–water partition coefficient (Wildman–Crippen LogP) is 5.60. The van der Waals surface area contributed by atoms with Gasteiger partial charge in [-0.15, -0.1) is 0 Å². The number of ether oxygens (including phenoxy) is 3. The number of hydrogen-bond acceptors (Lipinski definition) is 9. The SMILES string of the molecule is COC[C@H]1O[C@@H](C)C(OCSSC(C)(C)C)C1OP(OCCC#N)N(C(C)C)C(C)C. The lowest BCUT2D eigenvalue weighted by Crippen LogP contribution is -2.41. The highest BCUT2D eigenvalue weighted by Gasteiger charge is 2.47. The molecule has 0 spiro atoms. The molecule has 0 aromatic rings. The summed E-state index contributed by atoms with van der Waals surface area (Å²) in [6.45, 7) is 17.8. The van der Waals surface area contributed by atoms with Gasteiger partial charge in [-0.05, 0) is 34.6 Å². The van der Waals surface area contributed by atoms with Crippen molar-refractivity contribution >= 4 is 30.1 Å². The van der Waals surface area contributed by atoms with Crippen molar-refractivity contribution in [2.75, 3.05) is 26.3 Å². The second-order valence-electron chi connectivity index (χ2n) is 9.01. The standard InChI is InChI=1S/C21H41N2O5PS2/c1-15(2)23(16(3)4)29(26-12-10-11-22)28-20-18(13-24-9)27-17(5)19(20)25-14-30-31-21(6,7)8/h15-20H,10,12-14H2,1-9H3/t17-,18+,19?,20?,29?/m0/s1. The maximum absolute atomic E-state index is 8.95. The molecule has 0 amide bonds. The molecular formula is C21H41N2O5PS2. The normalized spacial score (nSPS) is 25.5. The van der Waals surface area contributed by atoms with Crippen LogP contribution in [0.5, 0.6) is 0 Å². The van der Waals surface area contributed by atoms with Crippen molar-refractivity contribution in [3.63, 3.8) is 0 Å². The molecule has 0 aliphatic carbocycles. The van der Waals surface area contributed by atoms with Gasteiger partial charge in [0, 0.05) is 23.9 Å². The van der Waals surface area contributed by atoms with Crippen LogP contribution in [0, 0.1) is 11.3 Å². The van der Waals surface area contributed by atoms with Crippen molar-refractivity contribution < 1.29 is 23.3 Å². The van der Waals surface area contributed by atoms with Crippen molar-refractivity contribution in [1.29, 1.82) is 5.26 Å². The Kier molecular flexibility index (Phi) is 13.9. The Morgan fingerprint density at radius 2 is 1.81 bits per heavy atom. The second-order valence-corrected chi connectivity index (χ2v) is 13.5. The van der Waals surface area contributed by atoms with Gasteiger partial charge in [0.25, 0.3) is 8.53 Å². The molecule has 10 heteroatoms. The van der Waals surface area contributed by atoms with E-state index >= 15 is 0 Å². The van der Waals surface area contributed by atoms with E-state index in [1.807, 2.05) is 6.92 Å². The highest BCUT2D eigenvalue weighted by atomic mass is 33.1. The van der Waals surface area contributed by atoms with Crippen LogP contribution in [0.25, 0.3) is 0 Å². The lowest BCUT2D eigenvalue weighted by Gasteiger charge is -2.38. The van der Waals surface area contributed by atoms with Crippen molar-refractivity contribution in [3.8, 4) is 6.07 Å². The minimum atomic E-state index is -1.39. The van der Waals surface area contributed by atoms with Crippen LogP contribution in [-0.4, -0.2) is 72.2 Å². The average Bonchev–Trinajstić information content (AvgIpc) is 2.92. The summed E-state index contributed by atoms with van der Waals surface area (Å²) in [5.41, 5.74) is 0. The van der Waals surface area contributed by atoms with Crippen LogP contribution >= 0.6 is 30.1 Å². The second kappa shape index (κ2) is 14.6. The van der Waals surface area contributed by atoms with Gasteiger partial charge < -0.3 is 23.3 Å². The lowest BCUT2D eigenvalue weighted by molar-refractivity contribution is -0.0262. The molecule has 182 valence electrons. The molecule has 7 nitrogen and oxygen atoms in total. The molecule has 1 saturated heterocycles.